The third-order valence-electron chi connectivity index (χ3n) is 7.45. The van der Waals surface area contributed by atoms with Gasteiger partial charge in [0.15, 0.2) is 11.4 Å². The molecule has 0 saturated heterocycles. The number of hydrogen-bond donors (Lipinski definition) is 1. The summed E-state index contributed by atoms with van der Waals surface area (Å²) in [5.74, 6) is -0.755. The van der Waals surface area contributed by atoms with Crippen molar-refractivity contribution < 1.29 is 14.7 Å². The molecule has 3 aromatic carbocycles. The van der Waals surface area contributed by atoms with Crippen molar-refractivity contribution in [1.29, 1.82) is 0 Å². The van der Waals surface area contributed by atoms with Gasteiger partial charge in [-0.05, 0) is 93.1 Å². The highest BCUT2D eigenvalue weighted by Gasteiger charge is 2.51. The number of carbonyl (C=O) groups is 2. The molecule has 0 unspecified atom stereocenters. The van der Waals surface area contributed by atoms with E-state index in [-0.39, 0.29) is 12.2 Å². The number of aliphatic hydroxyl groups is 1. The average molecular weight is 476 g/mol. The fourth-order valence-electron chi connectivity index (χ4n) is 4.97. The molecule has 3 aromatic rings. The molecule has 0 bridgehead atoms. The summed E-state index contributed by atoms with van der Waals surface area (Å²) < 4.78 is 0. The SMILES string of the molecule is Cc1ccc(CN2C(=O)[C@@](O)(CC(=O)c3c(C)c(C)c(C)c(C)c3C)c3cc(Cl)ccc32)cc1. The van der Waals surface area contributed by atoms with Gasteiger partial charge in [-0.15, -0.1) is 0 Å². The number of halogens is 1. The Morgan fingerprint density at radius 2 is 1.44 bits per heavy atom. The van der Waals surface area contributed by atoms with Crippen LogP contribution in [0.25, 0.3) is 0 Å². The van der Waals surface area contributed by atoms with E-state index in [9.17, 15) is 14.7 Å². The Morgan fingerprint density at radius 1 is 0.882 bits per heavy atom. The highest BCUT2D eigenvalue weighted by molar-refractivity contribution is 6.31. The number of aryl methyl sites for hydroxylation is 1. The summed E-state index contributed by atoms with van der Waals surface area (Å²) in [6.45, 7) is 12.2. The van der Waals surface area contributed by atoms with Crippen molar-refractivity contribution >= 4 is 29.0 Å². The maximum Gasteiger partial charge on any atom is 0.264 e. The first-order valence-corrected chi connectivity index (χ1v) is 11.8. The molecule has 4 rings (SSSR count). The van der Waals surface area contributed by atoms with Crippen molar-refractivity contribution in [2.45, 2.75) is 60.1 Å². The highest BCUT2D eigenvalue weighted by atomic mass is 35.5. The van der Waals surface area contributed by atoms with Gasteiger partial charge in [0, 0.05) is 16.1 Å². The van der Waals surface area contributed by atoms with Gasteiger partial charge >= 0.3 is 0 Å². The number of rotatable bonds is 5. The molecule has 0 spiro atoms. The molecule has 0 saturated carbocycles. The monoisotopic (exact) mass is 475 g/mol. The van der Waals surface area contributed by atoms with Gasteiger partial charge in [-0.2, -0.15) is 0 Å². The first kappa shape index (κ1) is 24.2. The van der Waals surface area contributed by atoms with E-state index in [4.69, 9.17) is 11.6 Å². The van der Waals surface area contributed by atoms with E-state index in [0.717, 1.165) is 38.9 Å². The first-order valence-electron chi connectivity index (χ1n) is 11.5. The number of Topliss-reactive ketones (excluding diaryl/α,β-unsaturated/α-hetero) is 1. The Hall–Kier alpha value is -2.95. The normalized spacial score (nSPS) is 17.3. The van der Waals surface area contributed by atoms with Crippen molar-refractivity contribution in [3.63, 3.8) is 0 Å². The maximum atomic E-state index is 13.7. The van der Waals surface area contributed by atoms with Crippen LogP contribution in [0.2, 0.25) is 5.02 Å². The van der Waals surface area contributed by atoms with Gasteiger partial charge in [0.1, 0.15) is 0 Å². The summed E-state index contributed by atoms with van der Waals surface area (Å²) in [4.78, 5) is 28.9. The summed E-state index contributed by atoms with van der Waals surface area (Å²) >= 11 is 6.26. The lowest BCUT2D eigenvalue weighted by Crippen LogP contribution is -2.41. The Labute approximate surface area is 206 Å². The largest absolute Gasteiger partial charge is 0.375 e. The quantitative estimate of drug-likeness (QED) is 0.447. The minimum atomic E-state index is -1.98. The average Bonchev–Trinajstić information content (AvgIpc) is 2.99. The number of hydrogen-bond acceptors (Lipinski definition) is 3. The minimum Gasteiger partial charge on any atom is -0.375 e. The lowest BCUT2D eigenvalue weighted by Gasteiger charge is -2.24. The van der Waals surface area contributed by atoms with Crippen molar-refractivity contribution in [2.24, 2.45) is 0 Å². The van der Waals surface area contributed by atoms with Crippen LogP contribution in [0.4, 0.5) is 5.69 Å². The number of ketones is 1. The molecule has 4 nitrogen and oxygen atoms in total. The lowest BCUT2D eigenvalue weighted by molar-refractivity contribution is -0.136. The second kappa shape index (κ2) is 8.68. The van der Waals surface area contributed by atoms with Gasteiger partial charge in [0.25, 0.3) is 5.91 Å². The molecule has 0 aliphatic carbocycles. The predicted octanol–water partition coefficient (Wildman–Crippen LogP) is 6.20. The number of benzene rings is 3. The van der Waals surface area contributed by atoms with Crippen molar-refractivity contribution in [3.05, 3.63) is 97.6 Å². The molecule has 1 atom stereocenters. The zero-order chi connectivity index (χ0) is 24.9. The van der Waals surface area contributed by atoms with Crippen LogP contribution in [0.3, 0.4) is 0 Å². The van der Waals surface area contributed by atoms with Crippen LogP contribution in [0.15, 0.2) is 42.5 Å². The zero-order valence-corrected chi connectivity index (χ0v) is 21.3. The van der Waals surface area contributed by atoms with Crippen LogP contribution in [-0.2, 0) is 16.9 Å². The van der Waals surface area contributed by atoms with Gasteiger partial charge in [0.2, 0.25) is 0 Å². The number of nitrogens with zero attached hydrogens (tertiary/aromatic N) is 1. The van der Waals surface area contributed by atoms with Crippen molar-refractivity contribution in [2.75, 3.05) is 4.90 Å². The van der Waals surface area contributed by atoms with Gasteiger partial charge in [0.05, 0.1) is 18.7 Å². The fourth-order valence-corrected chi connectivity index (χ4v) is 5.14. The van der Waals surface area contributed by atoms with E-state index in [0.29, 0.717) is 28.4 Å². The molecule has 34 heavy (non-hydrogen) atoms. The number of fused-ring (bicyclic) bond motifs is 1. The third kappa shape index (κ3) is 3.85. The molecule has 0 aromatic heterocycles. The molecule has 0 radical (unpaired) electrons. The van der Waals surface area contributed by atoms with E-state index in [2.05, 4.69) is 0 Å². The summed E-state index contributed by atoms with van der Waals surface area (Å²) in [6.07, 6.45) is -0.340. The van der Waals surface area contributed by atoms with Crippen LogP contribution in [0, 0.1) is 41.5 Å². The van der Waals surface area contributed by atoms with Crippen LogP contribution in [0.5, 0.6) is 0 Å². The summed E-state index contributed by atoms with van der Waals surface area (Å²) in [5.41, 5.74) is 6.67. The fraction of sp³-hybridized carbons (Fsp3) is 0.310. The smallest absolute Gasteiger partial charge is 0.264 e. The third-order valence-corrected chi connectivity index (χ3v) is 7.69. The number of anilines is 1. The van der Waals surface area contributed by atoms with Crippen LogP contribution >= 0.6 is 11.6 Å². The molecule has 176 valence electrons. The van der Waals surface area contributed by atoms with Crippen molar-refractivity contribution in [3.8, 4) is 0 Å². The minimum absolute atomic E-state index is 0.250. The van der Waals surface area contributed by atoms with Crippen LogP contribution in [-0.4, -0.2) is 16.8 Å². The number of carbonyl (C=O) groups excluding carboxylic acids is 2. The van der Waals surface area contributed by atoms with E-state index < -0.39 is 11.5 Å². The van der Waals surface area contributed by atoms with E-state index in [1.54, 1.807) is 23.1 Å². The highest BCUT2D eigenvalue weighted by Crippen LogP contribution is 2.45. The van der Waals surface area contributed by atoms with E-state index in [1.165, 1.54) is 0 Å². The van der Waals surface area contributed by atoms with Gasteiger partial charge in [-0.1, -0.05) is 41.4 Å². The van der Waals surface area contributed by atoms with Gasteiger partial charge < -0.3 is 10.0 Å². The Morgan fingerprint density at radius 3 is 2.03 bits per heavy atom. The van der Waals surface area contributed by atoms with Crippen LogP contribution < -0.4 is 4.90 Å². The summed E-state index contributed by atoms with van der Waals surface area (Å²) in [7, 11) is 0. The Balaban J connectivity index is 1.76. The summed E-state index contributed by atoms with van der Waals surface area (Å²) in [6, 6.07) is 12.9. The second-order valence-electron chi connectivity index (χ2n) is 9.50. The first-order chi connectivity index (χ1) is 16.0. The molecule has 1 heterocycles. The molecule has 1 N–H and O–H groups in total. The summed E-state index contributed by atoms with van der Waals surface area (Å²) in [5, 5.41) is 12.2. The van der Waals surface area contributed by atoms with Crippen molar-refractivity contribution in [1.82, 2.24) is 0 Å². The Bertz CT molecular complexity index is 1300. The van der Waals surface area contributed by atoms with Crippen LogP contribution in [0.1, 0.15) is 61.3 Å². The zero-order valence-electron chi connectivity index (χ0n) is 20.5. The lowest BCUT2D eigenvalue weighted by atomic mass is 9.82. The Kier molecular flexibility index (Phi) is 6.17. The second-order valence-corrected chi connectivity index (χ2v) is 9.94. The molecule has 1 amide bonds. The van der Waals surface area contributed by atoms with Gasteiger partial charge in [-0.3, -0.25) is 9.59 Å². The maximum absolute atomic E-state index is 13.7. The van der Waals surface area contributed by atoms with E-state index in [1.807, 2.05) is 65.8 Å². The molecule has 0 fully saturated rings. The molecule has 5 heteroatoms. The molecular weight excluding hydrogens is 446 g/mol. The standard InChI is InChI=1S/C29H30ClNO3/c1-16-7-9-22(10-8-16)15-31-25-12-11-23(30)13-24(25)29(34,28(31)33)14-26(32)27-20(5)18(3)17(2)19(4)21(27)6/h7-13,34H,14-15H2,1-6H3/t29-/m1/s1. The van der Waals surface area contributed by atoms with E-state index >= 15 is 0 Å². The predicted molar refractivity (Wildman–Crippen MR) is 137 cm³/mol. The molecule has 1 aliphatic heterocycles. The van der Waals surface area contributed by atoms with Gasteiger partial charge in [-0.25, -0.2) is 0 Å². The molecular formula is C29H30ClNO3. The topological polar surface area (TPSA) is 57.6 Å². The number of amides is 1. The molecule has 1 aliphatic rings.